The quantitative estimate of drug-likeness (QED) is 0.882. The molecule has 2 N–H and O–H groups in total. The fraction of sp³-hybridized carbons (Fsp3) is 0.182. The Bertz CT molecular complexity index is 454. The Morgan fingerprint density at radius 2 is 2.12 bits per heavy atom. The second kappa shape index (κ2) is 5.34. The largest absolute Gasteiger partial charge is 0.347 e. The first-order valence-corrected chi connectivity index (χ1v) is 5.63. The molecule has 0 saturated heterocycles. The number of imidazole rings is 1. The van der Waals surface area contributed by atoms with Crippen LogP contribution in [0.3, 0.4) is 0 Å². The predicted molar refractivity (Wildman–Crippen MR) is 65.6 cm³/mol. The molecule has 0 aliphatic heterocycles. The third-order valence-corrected chi connectivity index (χ3v) is 2.80. The first-order valence-electron chi connectivity index (χ1n) is 4.87. The van der Waals surface area contributed by atoms with E-state index >= 15 is 0 Å². The van der Waals surface area contributed by atoms with Crippen molar-refractivity contribution in [1.82, 2.24) is 15.3 Å². The number of benzene rings is 1. The zero-order chi connectivity index (χ0) is 11.4. The molecule has 2 aromatic rings. The Morgan fingerprint density at radius 3 is 2.88 bits per heavy atom. The molecule has 0 atom stereocenters. The number of hydrogen-bond donors (Lipinski definition) is 2. The third-order valence-electron chi connectivity index (χ3n) is 2.19. The van der Waals surface area contributed by atoms with Crippen LogP contribution in [0.25, 0.3) is 0 Å². The number of aromatic amines is 1. The maximum atomic E-state index is 6.04. The van der Waals surface area contributed by atoms with Crippen LogP contribution in [0.5, 0.6) is 0 Å². The molecule has 84 valence electrons. The Morgan fingerprint density at radius 1 is 1.25 bits per heavy atom. The molecule has 3 nitrogen and oxygen atoms in total. The Balaban J connectivity index is 1.92. The maximum absolute atomic E-state index is 6.04. The van der Waals surface area contributed by atoms with Crippen LogP contribution in [-0.4, -0.2) is 9.97 Å². The fourth-order valence-corrected chi connectivity index (χ4v) is 1.77. The van der Waals surface area contributed by atoms with Crippen LogP contribution < -0.4 is 5.32 Å². The lowest BCUT2D eigenvalue weighted by Crippen LogP contribution is -2.13. The molecule has 2 rings (SSSR count). The summed E-state index contributed by atoms with van der Waals surface area (Å²) in [6, 6.07) is 5.45. The van der Waals surface area contributed by atoms with Gasteiger partial charge in [-0.3, -0.25) is 0 Å². The van der Waals surface area contributed by atoms with Crippen LogP contribution in [0.4, 0.5) is 0 Å². The number of nitrogens with one attached hydrogen (secondary N) is 2. The van der Waals surface area contributed by atoms with Gasteiger partial charge in [0, 0.05) is 35.0 Å². The molecule has 1 aromatic heterocycles. The average molecular weight is 256 g/mol. The van der Waals surface area contributed by atoms with Crippen LogP contribution in [0.2, 0.25) is 10.0 Å². The molecule has 0 amide bonds. The minimum Gasteiger partial charge on any atom is -0.347 e. The van der Waals surface area contributed by atoms with Gasteiger partial charge in [0.25, 0.3) is 0 Å². The number of aromatic nitrogens is 2. The van der Waals surface area contributed by atoms with Crippen LogP contribution in [-0.2, 0) is 13.1 Å². The zero-order valence-electron chi connectivity index (χ0n) is 8.50. The van der Waals surface area contributed by atoms with Crippen molar-refractivity contribution >= 4 is 23.2 Å². The lowest BCUT2D eigenvalue weighted by Gasteiger charge is -2.06. The SMILES string of the molecule is Clc1ccc(Cl)c(CNCc2cnc[nH]2)c1. The summed E-state index contributed by atoms with van der Waals surface area (Å²) < 4.78 is 0. The molecule has 5 heteroatoms. The van der Waals surface area contributed by atoms with E-state index in [0.29, 0.717) is 11.6 Å². The molecule has 0 saturated carbocycles. The molecule has 1 aromatic carbocycles. The number of H-pyrrole nitrogens is 1. The first-order chi connectivity index (χ1) is 7.75. The maximum Gasteiger partial charge on any atom is 0.0922 e. The van der Waals surface area contributed by atoms with Crippen molar-refractivity contribution in [3.05, 3.63) is 52.0 Å². The number of nitrogens with zero attached hydrogens (tertiary/aromatic N) is 1. The predicted octanol–water partition coefficient (Wildman–Crippen LogP) is 3.01. The van der Waals surface area contributed by atoms with Gasteiger partial charge < -0.3 is 10.3 Å². The molecule has 0 unspecified atom stereocenters. The van der Waals surface area contributed by atoms with Crippen molar-refractivity contribution in [1.29, 1.82) is 0 Å². The third kappa shape index (κ3) is 2.98. The van der Waals surface area contributed by atoms with E-state index in [9.17, 15) is 0 Å². The van der Waals surface area contributed by atoms with Crippen molar-refractivity contribution in [2.45, 2.75) is 13.1 Å². The van der Waals surface area contributed by atoms with Gasteiger partial charge in [0.1, 0.15) is 0 Å². The van der Waals surface area contributed by atoms with Crippen molar-refractivity contribution in [2.24, 2.45) is 0 Å². The van der Waals surface area contributed by atoms with Gasteiger partial charge in [0.15, 0.2) is 0 Å². The van der Waals surface area contributed by atoms with Crippen LogP contribution in [0, 0.1) is 0 Å². The summed E-state index contributed by atoms with van der Waals surface area (Å²) in [5.74, 6) is 0. The van der Waals surface area contributed by atoms with E-state index in [1.165, 1.54) is 0 Å². The topological polar surface area (TPSA) is 40.7 Å². The zero-order valence-corrected chi connectivity index (χ0v) is 10.0. The Labute approximate surface area is 104 Å². The van der Waals surface area contributed by atoms with Gasteiger partial charge in [-0.1, -0.05) is 23.2 Å². The number of halogens is 2. The molecule has 0 radical (unpaired) electrons. The van der Waals surface area contributed by atoms with E-state index in [4.69, 9.17) is 23.2 Å². The Kier molecular flexibility index (Phi) is 3.83. The normalized spacial score (nSPS) is 10.6. The fourth-order valence-electron chi connectivity index (χ4n) is 1.39. The highest BCUT2D eigenvalue weighted by Crippen LogP contribution is 2.20. The average Bonchev–Trinajstić information content (AvgIpc) is 2.76. The van der Waals surface area contributed by atoms with E-state index in [0.717, 1.165) is 22.8 Å². The second-order valence-corrected chi connectivity index (χ2v) is 4.26. The van der Waals surface area contributed by atoms with Crippen molar-refractivity contribution in [3.63, 3.8) is 0 Å². The van der Waals surface area contributed by atoms with E-state index in [1.807, 2.05) is 6.07 Å². The lowest BCUT2D eigenvalue weighted by molar-refractivity contribution is 0.682. The summed E-state index contributed by atoms with van der Waals surface area (Å²) in [4.78, 5) is 6.95. The van der Waals surface area contributed by atoms with E-state index in [-0.39, 0.29) is 0 Å². The molecule has 0 aliphatic carbocycles. The molecule has 1 heterocycles. The molecule has 16 heavy (non-hydrogen) atoms. The second-order valence-electron chi connectivity index (χ2n) is 3.42. The number of hydrogen-bond acceptors (Lipinski definition) is 2. The highest BCUT2D eigenvalue weighted by atomic mass is 35.5. The number of rotatable bonds is 4. The first kappa shape index (κ1) is 11.5. The Hall–Kier alpha value is -1.03. The standard InChI is InChI=1S/C11H11Cl2N3/c12-9-1-2-11(13)8(3-9)4-14-5-10-6-15-7-16-10/h1-3,6-7,14H,4-5H2,(H,15,16). The van der Waals surface area contributed by atoms with Crippen molar-refractivity contribution in [2.75, 3.05) is 0 Å². The minimum atomic E-state index is 0.679. The molecule has 0 spiro atoms. The van der Waals surface area contributed by atoms with Gasteiger partial charge >= 0.3 is 0 Å². The van der Waals surface area contributed by atoms with Gasteiger partial charge in [-0.05, 0) is 23.8 Å². The van der Waals surface area contributed by atoms with Crippen molar-refractivity contribution in [3.8, 4) is 0 Å². The van der Waals surface area contributed by atoms with Gasteiger partial charge in [-0.15, -0.1) is 0 Å². The summed E-state index contributed by atoms with van der Waals surface area (Å²) in [5, 5.41) is 4.68. The van der Waals surface area contributed by atoms with Gasteiger partial charge in [-0.25, -0.2) is 4.98 Å². The summed E-state index contributed by atoms with van der Waals surface area (Å²) in [7, 11) is 0. The molecular formula is C11H11Cl2N3. The highest BCUT2D eigenvalue weighted by Gasteiger charge is 2.01. The summed E-state index contributed by atoms with van der Waals surface area (Å²) in [6.07, 6.45) is 3.44. The molecule has 0 aliphatic rings. The van der Waals surface area contributed by atoms with Crippen LogP contribution in [0.15, 0.2) is 30.7 Å². The summed E-state index contributed by atoms with van der Waals surface area (Å²) in [5.41, 5.74) is 2.03. The van der Waals surface area contributed by atoms with Gasteiger partial charge in [0.2, 0.25) is 0 Å². The van der Waals surface area contributed by atoms with Crippen molar-refractivity contribution < 1.29 is 0 Å². The monoisotopic (exact) mass is 255 g/mol. The highest BCUT2D eigenvalue weighted by molar-refractivity contribution is 6.33. The van der Waals surface area contributed by atoms with E-state index < -0.39 is 0 Å². The summed E-state index contributed by atoms with van der Waals surface area (Å²) >= 11 is 11.9. The van der Waals surface area contributed by atoms with E-state index in [1.54, 1.807) is 24.7 Å². The van der Waals surface area contributed by atoms with Gasteiger partial charge in [-0.2, -0.15) is 0 Å². The summed E-state index contributed by atoms with van der Waals surface area (Å²) in [6.45, 7) is 1.40. The molecule has 0 bridgehead atoms. The molecule has 0 fully saturated rings. The minimum absolute atomic E-state index is 0.679. The van der Waals surface area contributed by atoms with Gasteiger partial charge in [0.05, 0.1) is 6.33 Å². The van der Waals surface area contributed by atoms with Crippen LogP contribution in [0.1, 0.15) is 11.3 Å². The van der Waals surface area contributed by atoms with E-state index in [2.05, 4.69) is 15.3 Å². The lowest BCUT2D eigenvalue weighted by atomic mass is 10.2. The van der Waals surface area contributed by atoms with Crippen LogP contribution >= 0.6 is 23.2 Å². The molecular weight excluding hydrogens is 245 g/mol. The smallest absolute Gasteiger partial charge is 0.0922 e.